The predicted molar refractivity (Wildman–Crippen MR) is 101 cm³/mol. The SMILES string of the molecule is O=C(O)COCCCCN1C(=O)CCC[C@@H]1/C=C/C(=O)Cc1ccccc1. The summed E-state index contributed by atoms with van der Waals surface area (Å²) < 4.78 is 5.01. The first kappa shape index (κ1) is 20.8. The highest BCUT2D eigenvalue weighted by atomic mass is 16.5. The molecule has 0 unspecified atom stereocenters. The van der Waals surface area contributed by atoms with E-state index in [2.05, 4.69) is 0 Å². The Kier molecular flexibility index (Phi) is 8.71. The van der Waals surface area contributed by atoms with Gasteiger partial charge >= 0.3 is 5.97 Å². The minimum absolute atomic E-state index is 0.0289. The van der Waals surface area contributed by atoms with Gasteiger partial charge in [0, 0.05) is 26.0 Å². The number of aliphatic carboxylic acids is 1. The van der Waals surface area contributed by atoms with E-state index >= 15 is 0 Å². The number of allylic oxidation sites excluding steroid dienone is 1. The second-order valence-corrected chi connectivity index (χ2v) is 6.69. The lowest BCUT2D eigenvalue weighted by Crippen LogP contribution is -2.43. The molecular weight excluding hydrogens is 346 g/mol. The number of likely N-dealkylation sites (tertiary alicyclic amines) is 1. The van der Waals surface area contributed by atoms with Crippen molar-refractivity contribution in [1.29, 1.82) is 0 Å². The zero-order chi connectivity index (χ0) is 19.5. The van der Waals surface area contributed by atoms with Gasteiger partial charge in [-0.25, -0.2) is 4.79 Å². The molecule has 1 amide bonds. The number of hydrogen-bond acceptors (Lipinski definition) is 4. The van der Waals surface area contributed by atoms with Crippen molar-refractivity contribution in [2.75, 3.05) is 19.8 Å². The molecule has 1 fully saturated rings. The number of carbonyl (C=O) groups is 3. The topological polar surface area (TPSA) is 83.9 Å². The van der Waals surface area contributed by atoms with Gasteiger partial charge in [-0.15, -0.1) is 0 Å². The molecule has 1 heterocycles. The Morgan fingerprint density at radius 2 is 2.00 bits per heavy atom. The Labute approximate surface area is 159 Å². The van der Waals surface area contributed by atoms with E-state index in [1.165, 1.54) is 0 Å². The molecule has 6 heteroatoms. The summed E-state index contributed by atoms with van der Waals surface area (Å²) in [6.45, 7) is 0.666. The van der Waals surface area contributed by atoms with Crippen molar-refractivity contribution in [3.05, 3.63) is 48.0 Å². The van der Waals surface area contributed by atoms with Crippen molar-refractivity contribution < 1.29 is 24.2 Å². The second kappa shape index (κ2) is 11.3. The Bertz CT molecular complexity index is 656. The number of ether oxygens (including phenoxy) is 1. The van der Waals surface area contributed by atoms with Gasteiger partial charge in [0.15, 0.2) is 5.78 Å². The van der Waals surface area contributed by atoms with Crippen molar-refractivity contribution in [2.24, 2.45) is 0 Å². The Morgan fingerprint density at radius 1 is 1.22 bits per heavy atom. The van der Waals surface area contributed by atoms with Crippen LogP contribution in [0.3, 0.4) is 0 Å². The lowest BCUT2D eigenvalue weighted by molar-refractivity contribution is -0.142. The number of amides is 1. The molecule has 1 aliphatic heterocycles. The summed E-state index contributed by atoms with van der Waals surface area (Å²) in [5.41, 5.74) is 0.977. The number of carboxylic acids is 1. The minimum atomic E-state index is -0.980. The van der Waals surface area contributed by atoms with Crippen LogP contribution < -0.4 is 0 Å². The van der Waals surface area contributed by atoms with Crippen LogP contribution in [0.4, 0.5) is 0 Å². The van der Waals surface area contributed by atoms with Gasteiger partial charge in [0.25, 0.3) is 0 Å². The van der Waals surface area contributed by atoms with Crippen LogP contribution in [0, 0.1) is 0 Å². The number of benzene rings is 1. The largest absolute Gasteiger partial charge is 0.480 e. The summed E-state index contributed by atoms with van der Waals surface area (Å²) >= 11 is 0. The van der Waals surface area contributed by atoms with Crippen molar-refractivity contribution in [3.8, 4) is 0 Å². The summed E-state index contributed by atoms with van der Waals surface area (Å²) in [5, 5.41) is 8.53. The van der Waals surface area contributed by atoms with Gasteiger partial charge in [-0.2, -0.15) is 0 Å². The molecule has 1 aromatic carbocycles. The van der Waals surface area contributed by atoms with Crippen LogP contribution in [-0.2, 0) is 25.5 Å². The van der Waals surface area contributed by atoms with Crippen LogP contribution in [0.15, 0.2) is 42.5 Å². The zero-order valence-corrected chi connectivity index (χ0v) is 15.5. The Hall–Kier alpha value is -2.47. The molecule has 1 atom stereocenters. The molecular formula is C21H27NO5. The highest BCUT2D eigenvalue weighted by Gasteiger charge is 2.25. The third kappa shape index (κ3) is 7.74. The van der Waals surface area contributed by atoms with Gasteiger partial charge in [0.1, 0.15) is 6.61 Å². The molecule has 0 spiro atoms. The maximum absolute atomic E-state index is 12.2. The van der Waals surface area contributed by atoms with E-state index < -0.39 is 5.97 Å². The summed E-state index contributed by atoms with van der Waals surface area (Å²) in [7, 11) is 0. The van der Waals surface area contributed by atoms with Gasteiger partial charge in [-0.3, -0.25) is 9.59 Å². The monoisotopic (exact) mass is 373 g/mol. The van der Waals surface area contributed by atoms with Crippen LogP contribution in [0.25, 0.3) is 0 Å². The van der Waals surface area contributed by atoms with Crippen molar-refractivity contribution in [1.82, 2.24) is 4.90 Å². The molecule has 0 aromatic heterocycles. The molecule has 1 saturated heterocycles. The number of rotatable bonds is 11. The average Bonchev–Trinajstić information content (AvgIpc) is 2.65. The molecule has 0 radical (unpaired) electrons. The maximum Gasteiger partial charge on any atom is 0.329 e. The van der Waals surface area contributed by atoms with Crippen molar-refractivity contribution in [2.45, 2.75) is 44.6 Å². The van der Waals surface area contributed by atoms with Gasteiger partial charge in [0.2, 0.25) is 5.91 Å². The second-order valence-electron chi connectivity index (χ2n) is 6.69. The zero-order valence-electron chi connectivity index (χ0n) is 15.5. The summed E-state index contributed by atoms with van der Waals surface area (Å²) in [6, 6.07) is 9.54. The van der Waals surface area contributed by atoms with Gasteiger partial charge in [-0.05, 0) is 37.3 Å². The highest BCUT2D eigenvalue weighted by molar-refractivity contribution is 5.91. The third-order valence-corrected chi connectivity index (χ3v) is 4.50. The molecule has 2 rings (SSSR count). The molecule has 1 aliphatic rings. The molecule has 1 N–H and O–H groups in total. The quantitative estimate of drug-likeness (QED) is 0.476. The van der Waals surface area contributed by atoms with Crippen molar-refractivity contribution in [3.63, 3.8) is 0 Å². The molecule has 146 valence electrons. The molecule has 27 heavy (non-hydrogen) atoms. The molecule has 0 aliphatic carbocycles. The summed E-state index contributed by atoms with van der Waals surface area (Å²) in [6.07, 6.45) is 7.47. The predicted octanol–water partition coefficient (Wildman–Crippen LogP) is 2.62. The fourth-order valence-corrected chi connectivity index (χ4v) is 3.16. The first-order valence-electron chi connectivity index (χ1n) is 9.40. The minimum Gasteiger partial charge on any atom is -0.480 e. The maximum atomic E-state index is 12.2. The molecule has 1 aromatic rings. The van der Waals surface area contributed by atoms with Crippen LogP contribution in [0.1, 0.15) is 37.7 Å². The number of hydrogen-bond donors (Lipinski definition) is 1. The fourth-order valence-electron chi connectivity index (χ4n) is 3.16. The van der Waals surface area contributed by atoms with E-state index in [0.29, 0.717) is 32.4 Å². The number of ketones is 1. The smallest absolute Gasteiger partial charge is 0.329 e. The van der Waals surface area contributed by atoms with Crippen LogP contribution in [-0.4, -0.2) is 53.5 Å². The van der Waals surface area contributed by atoms with Gasteiger partial charge < -0.3 is 14.7 Å². The number of unbranched alkanes of at least 4 members (excludes halogenated alkanes) is 1. The average molecular weight is 373 g/mol. The normalized spacial score (nSPS) is 17.4. The van der Waals surface area contributed by atoms with Gasteiger partial charge in [0.05, 0.1) is 6.04 Å². The Morgan fingerprint density at radius 3 is 2.74 bits per heavy atom. The third-order valence-electron chi connectivity index (χ3n) is 4.50. The first-order chi connectivity index (χ1) is 13.1. The molecule has 0 saturated carbocycles. The lowest BCUT2D eigenvalue weighted by atomic mass is 9.99. The van der Waals surface area contributed by atoms with E-state index in [4.69, 9.17) is 9.84 Å². The van der Waals surface area contributed by atoms with E-state index in [0.717, 1.165) is 24.8 Å². The molecule has 6 nitrogen and oxygen atoms in total. The number of piperidine rings is 1. The van der Waals surface area contributed by atoms with Gasteiger partial charge in [-0.1, -0.05) is 36.4 Å². The summed E-state index contributed by atoms with van der Waals surface area (Å²) in [4.78, 5) is 36.6. The number of nitrogens with zero attached hydrogens (tertiary/aromatic N) is 1. The standard InChI is InChI=1S/C21H27NO5/c23-19(15-17-7-2-1-3-8-17)12-11-18-9-6-10-20(24)22(18)13-4-5-14-27-16-21(25)26/h1-3,7-8,11-12,18H,4-6,9-10,13-16H2,(H,25,26)/b12-11+/t18-/m1/s1. The van der Waals surface area contributed by atoms with Crippen molar-refractivity contribution >= 4 is 17.7 Å². The first-order valence-corrected chi connectivity index (χ1v) is 9.40. The summed E-state index contributed by atoms with van der Waals surface area (Å²) in [5.74, 6) is -0.842. The lowest BCUT2D eigenvalue weighted by Gasteiger charge is -2.34. The highest BCUT2D eigenvalue weighted by Crippen LogP contribution is 2.20. The van der Waals surface area contributed by atoms with E-state index in [9.17, 15) is 14.4 Å². The molecule has 0 bridgehead atoms. The van der Waals surface area contributed by atoms with E-state index in [-0.39, 0.29) is 24.3 Å². The van der Waals surface area contributed by atoms with Crippen LogP contribution >= 0.6 is 0 Å². The fraction of sp³-hybridized carbons (Fsp3) is 0.476. The van der Waals surface area contributed by atoms with E-state index in [1.807, 2.05) is 41.3 Å². The van der Waals surface area contributed by atoms with E-state index in [1.54, 1.807) is 6.08 Å². The Balaban J connectivity index is 1.80. The number of carboxylic acid groups (broad SMARTS) is 1. The number of carbonyl (C=O) groups excluding carboxylic acids is 2. The van der Waals surface area contributed by atoms with Crippen LogP contribution in [0.5, 0.6) is 0 Å². The van der Waals surface area contributed by atoms with Crippen LogP contribution in [0.2, 0.25) is 0 Å².